The molecule has 0 aliphatic heterocycles. The van der Waals surface area contributed by atoms with Gasteiger partial charge in [-0.1, -0.05) is 34.1 Å². The van der Waals surface area contributed by atoms with Crippen molar-refractivity contribution in [3.8, 4) is 0 Å². The number of nitrogens with one attached hydrogen (secondary N) is 1. The zero-order valence-electron chi connectivity index (χ0n) is 13.7. The SMILES string of the molecule is CCCNCC(C)(CCC)CN(CC)Cc1ccco1. The first-order valence-electron chi connectivity index (χ1n) is 8.09. The van der Waals surface area contributed by atoms with Gasteiger partial charge in [-0.05, 0) is 43.5 Å². The third-order valence-corrected chi connectivity index (χ3v) is 3.84. The number of hydrogen-bond donors (Lipinski definition) is 1. The molecule has 0 radical (unpaired) electrons. The highest BCUT2D eigenvalue weighted by atomic mass is 16.3. The van der Waals surface area contributed by atoms with Gasteiger partial charge in [0.15, 0.2) is 0 Å². The monoisotopic (exact) mass is 280 g/mol. The van der Waals surface area contributed by atoms with Crippen molar-refractivity contribution >= 4 is 0 Å². The van der Waals surface area contributed by atoms with E-state index in [4.69, 9.17) is 4.42 Å². The topological polar surface area (TPSA) is 28.4 Å². The lowest BCUT2D eigenvalue weighted by molar-refractivity contribution is 0.141. The van der Waals surface area contributed by atoms with Gasteiger partial charge in [0.25, 0.3) is 0 Å². The van der Waals surface area contributed by atoms with Gasteiger partial charge >= 0.3 is 0 Å². The third-order valence-electron chi connectivity index (χ3n) is 3.84. The van der Waals surface area contributed by atoms with Gasteiger partial charge in [0.1, 0.15) is 5.76 Å². The van der Waals surface area contributed by atoms with Crippen molar-refractivity contribution in [3.63, 3.8) is 0 Å². The van der Waals surface area contributed by atoms with Gasteiger partial charge in [-0.2, -0.15) is 0 Å². The summed E-state index contributed by atoms with van der Waals surface area (Å²) in [7, 11) is 0. The Kier molecular flexibility index (Phi) is 7.93. The zero-order valence-corrected chi connectivity index (χ0v) is 13.7. The molecule has 0 spiro atoms. The van der Waals surface area contributed by atoms with E-state index < -0.39 is 0 Å². The quantitative estimate of drug-likeness (QED) is 0.623. The minimum Gasteiger partial charge on any atom is -0.468 e. The van der Waals surface area contributed by atoms with Gasteiger partial charge in [-0.3, -0.25) is 4.90 Å². The predicted octanol–water partition coefficient (Wildman–Crippen LogP) is 3.91. The minimum atomic E-state index is 0.340. The van der Waals surface area contributed by atoms with E-state index in [2.05, 4.69) is 44.0 Å². The van der Waals surface area contributed by atoms with E-state index in [1.807, 2.05) is 6.07 Å². The maximum atomic E-state index is 5.48. The molecule has 1 aromatic rings. The van der Waals surface area contributed by atoms with Crippen molar-refractivity contribution in [1.82, 2.24) is 10.2 Å². The molecule has 20 heavy (non-hydrogen) atoms. The van der Waals surface area contributed by atoms with Gasteiger partial charge in [0.05, 0.1) is 12.8 Å². The number of nitrogens with zero attached hydrogens (tertiary/aromatic N) is 1. The van der Waals surface area contributed by atoms with Crippen LogP contribution in [0.5, 0.6) is 0 Å². The normalized spacial score (nSPS) is 14.7. The molecule has 1 aromatic heterocycles. The highest BCUT2D eigenvalue weighted by Gasteiger charge is 2.25. The maximum Gasteiger partial charge on any atom is 0.117 e. The van der Waals surface area contributed by atoms with Crippen LogP contribution in [0.4, 0.5) is 0 Å². The molecule has 1 unspecified atom stereocenters. The van der Waals surface area contributed by atoms with Gasteiger partial charge in [-0.25, -0.2) is 0 Å². The summed E-state index contributed by atoms with van der Waals surface area (Å²) in [6, 6.07) is 4.03. The highest BCUT2D eigenvalue weighted by Crippen LogP contribution is 2.25. The Morgan fingerprint density at radius 2 is 2.05 bits per heavy atom. The minimum absolute atomic E-state index is 0.340. The maximum absolute atomic E-state index is 5.48. The number of furan rings is 1. The molecule has 1 rings (SSSR count). The van der Waals surface area contributed by atoms with Crippen LogP contribution < -0.4 is 5.32 Å². The van der Waals surface area contributed by atoms with E-state index >= 15 is 0 Å². The van der Waals surface area contributed by atoms with Crippen LogP contribution in [0.2, 0.25) is 0 Å². The molecule has 3 heteroatoms. The van der Waals surface area contributed by atoms with E-state index in [0.29, 0.717) is 5.41 Å². The van der Waals surface area contributed by atoms with Crippen molar-refractivity contribution in [2.45, 2.75) is 53.5 Å². The number of hydrogen-bond acceptors (Lipinski definition) is 3. The first kappa shape index (κ1) is 17.3. The van der Waals surface area contributed by atoms with Crippen molar-refractivity contribution < 1.29 is 4.42 Å². The standard InChI is InChI=1S/C17H32N2O/c1-5-10-17(4,14-18-11-6-2)15-19(7-3)13-16-9-8-12-20-16/h8-9,12,18H,5-7,10-11,13-15H2,1-4H3. The Morgan fingerprint density at radius 3 is 2.60 bits per heavy atom. The largest absolute Gasteiger partial charge is 0.468 e. The summed E-state index contributed by atoms with van der Waals surface area (Å²) in [5.41, 5.74) is 0.340. The molecule has 0 amide bonds. The van der Waals surface area contributed by atoms with Crippen LogP contribution in [0.15, 0.2) is 22.8 Å². The molecular formula is C17H32N2O. The smallest absolute Gasteiger partial charge is 0.117 e. The van der Waals surface area contributed by atoms with Gasteiger partial charge < -0.3 is 9.73 Å². The average molecular weight is 280 g/mol. The lowest BCUT2D eigenvalue weighted by atomic mass is 9.84. The fourth-order valence-corrected chi connectivity index (χ4v) is 2.84. The van der Waals surface area contributed by atoms with Crippen LogP contribution in [0, 0.1) is 5.41 Å². The molecule has 0 aliphatic rings. The summed E-state index contributed by atoms with van der Waals surface area (Å²) in [5, 5.41) is 3.60. The van der Waals surface area contributed by atoms with Gasteiger partial charge in [0, 0.05) is 13.1 Å². The van der Waals surface area contributed by atoms with Crippen LogP contribution in [-0.2, 0) is 6.54 Å². The summed E-state index contributed by atoms with van der Waals surface area (Å²) in [5.74, 6) is 1.06. The van der Waals surface area contributed by atoms with Gasteiger partial charge in [0.2, 0.25) is 0 Å². The van der Waals surface area contributed by atoms with E-state index in [1.165, 1.54) is 19.3 Å². The highest BCUT2D eigenvalue weighted by molar-refractivity contribution is 4.98. The zero-order chi connectivity index (χ0) is 14.8. The molecule has 3 nitrogen and oxygen atoms in total. The second-order valence-electron chi connectivity index (χ2n) is 6.12. The van der Waals surface area contributed by atoms with Crippen LogP contribution in [0.3, 0.4) is 0 Å². The van der Waals surface area contributed by atoms with E-state index in [0.717, 1.165) is 38.5 Å². The van der Waals surface area contributed by atoms with Crippen molar-refractivity contribution in [3.05, 3.63) is 24.2 Å². The van der Waals surface area contributed by atoms with Crippen LogP contribution >= 0.6 is 0 Å². The second kappa shape index (κ2) is 9.19. The molecule has 1 heterocycles. The molecule has 116 valence electrons. The third kappa shape index (κ3) is 6.10. The van der Waals surface area contributed by atoms with E-state index in [1.54, 1.807) is 6.26 Å². The van der Waals surface area contributed by atoms with Crippen LogP contribution in [0.25, 0.3) is 0 Å². The molecule has 0 aliphatic carbocycles. The lowest BCUT2D eigenvalue weighted by Crippen LogP contribution is -2.42. The molecule has 1 atom stereocenters. The van der Waals surface area contributed by atoms with Gasteiger partial charge in [-0.15, -0.1) is 0 Å². The van der Waals surface area contributed by atoms with Crippen molar-refractivity contribution in [2.24, 2.45) is 5.41 Å². The summed E-state index contributed by atoms with van der Waals surface area (Å²) in [6.07, 6.45) is 5.46. The molecule has 0 bridgehead atoms. The Balaban J connectivity index is 2.55. The molecule has 0 saturated heterocycles. The van der Waals surface area contributed by atoms with Crippen molar-refractivity contribution in [2.75, 3.05) is 26.2 Å². The summed E-state index contributed by atoms with van der Waals surface area (Å²) >= 11 is 0. The fraction of sp³-hybridized carbons (Fsp3) is 0.765. The summed E-state index contributed by atoms with van der Waals surface area (Å²) < 4.78 is 5.48. The number of rotatable bonds is 11. The molecule has 0 fully saturated rings. The Morgan fingerprint density at radius 1 is 1.25 bits per heavy atom. The lowest BCUT2D eigenvalue weighted by Gasteiger charge is -2.35. The molecule has 0 saturated carbocycles. The predicted molar refractivity (Wildman–Crippen MR) is 85.8 cm³/mol. The van der Waals surface area contributed by atoms with Crippen LogP contribution in [-0.4, -0.2) is 31.1 Å². The Hall–Kier alpha value is -0.800. The summed E-state index contributed by atoms with van der Waals surface area (Å²) in [6.45, 7) is 14.4. The second-order valence-corrected chi connectivity index (χ2v) is 6.12. The Bertz CT molecular complexity index is 337. The molecule has 0 aromatic carbocycles. The van der Waals surface area contributed by atoms with E-state index in [-0.39, 0.29) is 0 Å². The van der Waals surface area contributed by atoms with E-state index in [9.17, 15) is 0 Å². The first-order valence-corrected chi connectivity index (χ1v) is 8.09. The van der Waals surface area contributed by atoms with Crippen molar-refractivity contribution in [1.29, 1.82) is 0 Å². The summed E-state index contributed by atoms with van der Waals surface area (Å²) in [4.78, 5) is 2.49. The first-order chi connectivity index (χ1) is 9.63. The molecule has 1 N–H and O–H groups in total. The average Bonchev–Trinajstić information content (AvgIpc) is 2.91. The Labute approximate surface area is 124 Å². The molecular weight excluding hydrogens is 248 g/mol. The van der Waals surface area contributed by atoms with Crippen LogP contribution in [0.1, 0.15) is 52.7 Å². The fourth-order valence-electron chi connectivity index (χ4n) is 2.84.